The van der Waals surface area contributed by atoms with Gasteiger partial charge in [-0.1, -0.05) is 64.0 Å². The fourth-order valence-electron chi connectivity index (χ4n) is 3.96. The number of ketones is 1. The van der Waals surface area contributed by atoms with Gasteiger partial charge in [0.05, 0.1) is 11.8 Å². The molecule has 1 heterocycles. The number of hydrogen-bond acceptors (Lipinski definition) is 3. The van der Waals surface area contributed by atoms with Crippen molar-refractivity contribution < 1.29 is 14.4 Å². The third-order valence-corrected chi connectivity index (χ3v) is 6.16. The fourth-order valence-corrected chi connectivity index (χ4v) is 4.16. The molecule has 2 amide bonds. The van der Waals surface area contributed by atoms with Gasteiger partial charge >= 0.3 is 0 Å². The van der Waals surface area contributed by atoms with Crippen LogP contribution in [-0.4, -0.2) is 29.5 Å². The van der Waals surface area contributed by atoms with E-state index < -0.39 is 0 Å². The molecule has 0 fully saturated rings. The number of alkyl halides is 1. The Morgan fingerprint density at radius 2 is 1.78 bits per heavy atom. The Kier molecular flexibility index (Phi) is 6.51. The minimum absolute atomic E-state index is 0.112. The van der Waals surface area contributed by atoms with E-state index in [2.05, 4.69) is 21.2 Å². The molecule has 162 valence electrons. The molecule has 0 spiro atoms. The number of anilines is 2. The summed E-state index contributed by atoms with van der Waals surface area (Å²) in [6, 6.07) is 21.2. The van der Waals surface area contributed by atoms with Crippen molar-refractivity contribution in [2.45, 2.75) is 19.8 Å². The molecule has 4 rings (SSSR count). The molecular formula is C26H23BrN2O3. The van der Waals surface area contributed by atoms with E-state index in [9.17, 15) is 14.4 Å². The second-order valence-electron chi connectivity index (χ2n) is 7.86. The zero-order valence-electron chi connectivity index (χ0n) is 17.7. The number of amides is 2. The molecule has 0 radical (unpaired) electrons. The maximum Gasteiger partial charge on any atom is 0.256 e. The molecule has 0 bridgehead atoms. The van der Waals surface area contributed by atoms with Gasteiger partial charge in [0.15, 0.2) is 5.78 Å². The summed E-state index contributed by atoms with van der Waals surface area (Å²) in [4.78, 5) is 38.9. The van der Waals surface area contributed by atoms with Gasteiger partial charge in [-0.3, -0.25) is 14.4 Å². The summed E-state index contributed by atoms with van der Waals surface area (Å²) in [6.45, 7) is 2.50. The van der Waals surface area contributed by atoms with Crippen LogP contribution in [0.3, 0.4) is 0 Å². The smallest absolute Gasteiger partial charge is 0.256 e. The predicted molar refractivity (Wildman–Crippen MR) is 130 cm³/mol. The van der Waals surface area contributed by atoms with Gasteiger partial charge in [-0.2, -0.15) is 0 Å². The number of Topliss-reactive ketones (excluding diaryl/α,β-unsaturated/α-hetero) is 1. The van der Waals surface area contributed by atoms with Crippen molar-refractivity contribution in [1.82, 2.24) is 0 Å². The van der Waals surface area contributed by atoms with Crippen LogP contribution in [0.2, 0.25) is 0 Å². The van der Waals surface area contributed by atoms with Crippen molar-refractivity contribution in [1.29, 1.82) is 0 Å². The first-order chi connectivity index (χ1) is 15.5. The van der Waals surface area contributed by atoms with Gasteiger partial charge in [-0.25, -0.2) is 0 Å². The molecule has 3 aromatic rings. The highest BCUT2D eigenvalue weighted by Crippen LogP contribution is 2.32. The topological polar surface area (TPSA) is 66.5 Å². The lowest BCUT2D eigenvalue weighted by Crippen LogP contribution is -2.30. The van der Waals surface area contributed by atoms with Crippen molar-refractivity contribution in [3.05, 3.63) is 83.4 Å². The van der Waals surface area contributed by atoms with Gasteiger partial charge in [0.1, 0.15) is 0 Å². The summed E-state index contributed by atoms with van der Waals surface area (Å²) in [6.07, 6.45) is 0.575. The van der Waals surface area contributed by atoms with Crippen LogP contribution in [0.5, 0.6) is 0 Å². The lowest BCUT2D eigenvalue weighted by atomic mass is 9.97. The molecule has 1 aliphatic heterocycles. The second-order valence-corrected chi connectivity index (χ2v) is 8.42. The van der Waals surface area contributed by atoms with Crippen LogP contribution in [0.1, 0.15) is 27.9 Å². The molecule has 0 saturated carbocycles. The average Bonchev–Trinajstić information content (AvgIpc) is 3.23. The zero-order chi connectivity index (χ0) is 22.7. The van der Waals surface area contributed by atoms with Gasteiger partial charge in [-0.15, -0.1) is 0 Å². The second kappa shape index (κ2) is 9.49. The molecule has 5 nitrogen and oxygen atoms in total. The first-order valence-corrected chi connectivity index (χ1v) is 11.6. The Hall–Kier alpha value is -3.25. The Balaban J connectivity index is 1.55. The third kappa shape index (κ3) is 4.65. The van der Waals surface area contributed by atoms with Crippen LogP contribution in [0, 0.1) is 6.92 Å². The van der Waals surface area contributed by atoms with Crippen molar-refractivity contribution in [3.63, 3.8) is 0 Å². The summed E-state index contributed by atoms with van der Waals surface area (Å²) in [5.41, 5.74) is 5.95. The van der Waals surface area contributed by atoms with Crippen molar-refractivity contribution >= 4 is 44.9 Å². The highest BCUT2D eigenvalue weighted by molar-refractivity contribution is 9.09. The number of carbonyl (C=O) groups is 3. The lowest BCUT2D eigenvalue weighted by molar-refractivity contribution is -0.125. The van der Waals surface area contributed by atoms with Crippen molar-refractivity contribution in [3.8, 4) is 11.1 Å². The third-order valence-electron chi connectivity index (χ3n) is 5.54. The van der Waals surface area contributed by atoms with E-state index in [-0.39, 0.29) is 29.3 Å². The molecule has 0 atom stereocenters. The Labute approximate surface area is 195 Å². The van der Waals surface area contributed by atoms with E-state index in [0.717, 1.165) is 27.9 Å². The molecule has 0 aliphatic carbocycles. The van der Waals surface area contributed by atoms with Gasteiger partial charge in [0.2, 0.25) is 5.91 Å². The minimum Gasteiger partial charge on any atom is -0.322 e. The zero-order valence-corrected chi connectivity index (χ0v) is 19.3. The van der Waals surface area contributed by atoms with Gasteiger partial charge in [0, 0.05) is 23.5 Å². The monoisotopic (exact) mass is 490 g/mol. The van der Waals surface area contributed by atoms with E-state index in [4.69, 9.17) is 0 Å². The van der Waals surface area contributed by atoms with Crippen LogP contribution in [0.15, 0.2) is 66.7 Å². The van der Waals surface area contributed by atoms with E-state index in [1.54, 1.807) is 11.0 Å². The Morgan fingerprint density at radius 1 is 1.00 bits per heavy atom. The molecule has 1 N–H and O–H groups in total. The number of hydrogen-bond donors (Lipinski definition) is 1. The summed E-state index contributed by atoms with van der Waals surface area (Å²) >= 11 is 3.10. The largest absolute Gasteiger partial charge is 0.322 e. The SMILES string of the molecule is Cc1ccc(-c2ccccc2)c(C(=O)Nc2ccc3c(c2)CCN3C(=O)CC(=O)CBr)c1. The minimum atomic E-state index is -0.197. The summed E-state index contributed by atoms with van der Waals surface area (Å²) < 4.78 is 0. The summed E-state index contributed by atoms with van der Waals surface area (Å²) in [5, 5.41) is 3.18. The number of halogens is 1. The molecule has 1 aliphatic rings. The number of nitrogens with zero attached hydrogens (tertiary/aromatic N) is 1. The van der Waals surface area contributed by atoms with Crippen LogP contribution >= 0.6 is 15.9 Å². The van der Waals surface area contributed by atoms with Crippen LogP contribution in [0.25, 0.3) is 11.1 Å². The number of aryl methyl sites for hydroxylation is 1. The van der Waals surface area contributed by atoms with E-state index in [0.29, 0.717) is 24.2 Å². The summed E-state index contributed by atoms with van der Waals surface area (Å²) in [7, 11) is 0. The first kappa shape index (κ1) is 22.0. The number of rotatable bonds is 6. The molecule has 32 heavy (non-hydrogen) atoms. The van der Waals surface area contributed by atoms with Crippen LogP contribution in [0.4, 0.5) is 11.4 Å². The van der Waals surface area contributed by atoms with Crippen molar-refractivity contribution in [2.24, 2.45) is 0 Å². The standard InChI is InChI=1S/C26H23BrN2O3/c1-17-7-9-22(18-5-3-2-4-6-18)23(13-17)26(32)28-20-8-10-24-19(14-20)11-12-29(24)25(31)15-21(30)16-27/h2-10,13-14H,11-12,15-16H2,1H3,(H,28,32). The summed E-state index contributed by atoms with van der Waals surface area (Å²) in [5.74, 6) is -0.515. The van der Waals surface area contributed by atoms with E-state index >= 15 is 0 Å². The molecule has 6 heteroatoms. The predicted octanol–water partition coefficient (Wildman–Crippen LogP) is 5.16. The molecular weight excluding hydrogens is 468 g/mol. The molecule has 0 saturated heterocycles. The average molecular weight is 491 g/mol. The van der Waals surface area contributed by atoms with Gasteiger partial charge in [-0.05, 0) is 54.3 Å². The number of benzene rings is 3. The van der Waals surface area contributed by atoms with Gasteiger partial charge < -0.3 is 10.2 Å². The van der Waals surface area contributed by atoms with Crippen LogP contribution < -0.4 is 10.2 Å². The van der Waals surface area contributed by atoms with Gasteiger partial charge in [0.25, 0.3) is 5.91 Å². The normalized spacial score (nSPS) is 12.4. The van der Waals surface area contributed by atoms with Crippen LogP contribution in [-0.2, 0) is 16.0 Å². The molecule has 3 aromatic carbocycles. The number of carbonyl (C=O) groups excluding carboxylic acids is 3. The Bertz CT molecular complexity index is 1190. The van der Waals surface area contributed by atoms with Crippen molar-refractivity contribution in [2.75, 3.05) is 22.1 Å². The number of fused-ring (bicyclic) bond motifs is 1. The number of nitrogens with one attached hydrogen (secondary N) is 1. The van der Waals surface area contributed by atoms with E-state index in [1.165, 1.54) is 0 Å². The maximum atomic E-state index is 13.2. The maximum absolute atomic E-state index is 13.2. The Morgan fingerprint density at radius 3 is 2.53 bits per heavy atom. The highest BCUT2D eigenvalue weighted by Gasteiger charge is 2.26. The highest BCUT2D eigenvalue weighted by atomic mass is 79.9. The fraction of sp³-hybridized carbons (Fsp3) is 0.192. The first-order valence-electron chi connectivity index (χ1n) is 10.4. The quantitative estimate of drug-likeness (QED) is 0.383. The molecule has 0 unspecified atom stereocenters. The van der Waals surface area contributed by atoms with E-state index in [1.807, 2.05) is 67.6 Å². The molecule has 0 aromatic heterocycles. The lowest BCUT2D eigenvalue weighted by Gasteiger charge is -2.17.